The Morgan fingerprint density at radius 1 is 1.31 bits per heavy atom. The van der Waals surface area contributed by atoms with Crippen LogP contribution in [0.15, 0.2) is 61.9 Å². The number of fused-ring (bicyclic) bond motifs is 2. The van der Waals surface area contributed by atoms with Crippen molar-refractivity contribution in [3.8, 4) is 6.07 Å². The zero-order valence-corrected chi connectivity index (χ0v) is 17.1. The summed E-state index contributed by atoms with van der Waals surface area (Å²) in [6.07, 6.45) is 3.50. The molecule has 7 nitrogen and oxygen atoms in total. The van der Waals surface area contributed by atoms with Gasteiger partial charge in [0, 0.05) is 12.7 Å². The number of aromatic nitrogens is 3. The van der Waals surface area contributed by atoms with Gasteiger partial charge >= 0.3 is 0 Å². The molecule has 1 N–H and O–H groups in total. The maximum absolute atomic E-state index is 13.1. The number of pyridine rings is 1. The van der Waals surface area contributed by atoms with Crippen LogP contribution in [0.2, 0.25) is 0 Å². The fourth-order valence-electron chi connectivity index (χ4n) is 2.74. The molecule has 0 aliphatic heterocycles. The fourth-order valence-corrected chi connectivity index (χ4v) is 4.81. The molecule has 144 valence electrons. The van der Waals surface area contributed by atoms with E-state index in [1.54, 1.807) is 17.5 Å². The minimum atomic E-state index is -0.201. The Morgan fingerprint density at radius 3 is 3.00 bits per heavy atom. The van der Waals surface area contributed by atoms with Crippen molar-refractivity contribution >= 4 is 45.2 Å². The molecule has 0 aliphatic rings. The fraction of sp³-hybridized carbons (Fsp3) is 0.150. The third kappa shape index (κ3) is 3.99. The third-order valence-electron chi connectivity index (χ3n) is 4.14. The van der Waals surface area contributed by atoms with Crippen LogP contribution >= 0.6 is 23.1 Å². The Balaban J connectivity index is 1.79. The molecule has 0 saturated heterocycles. The highest BCUT2D eigenvalue weighted by atomic mass is 32.2. The van der Waals surface area contributed by atoms with Gasteiger partial charge in [-0.2, -0.15) is 10.4 Å². The SMILES string of the molecule is Cc1cccn2c(=O)c(C=NNCCC#N)c(Sc3nc4ccccc4s3)nc12. The molecule has 0 radical (unpaired) electrons. The van der Waals surface area contributed by atoms with Gasteiger partial charge in [0.1, 0.15) is 10.7 Å². The number of para-hydroxylation sites is 1. The van der Waals surface area contributed by atoms with Gasteiger partial charge in [-0.3, -0.25) is 9.20 Å². The van der Waals surface area contributed by atoms with Crippen LogP contribution in [0.5, 0.6) is 0 Å². The highest BCUT2D eigenvalue weighted by Crippen LogP contribution is 2.34. The number of nitrogens with zero attached hydrogens (tertiary/aromatic N) is 5. The molecule has 1 aromatic carbocycles. The highest BCUT2D eigenvalue weighted by molar-refractivity contribution is 8.01. The van der Waals surface area contributed by atoms with Crippen molar-refractivity contribution in [3.05, 3.63) is 64.1 Å². The van der Waals surface area contributed by atoms with E-state index in [0.29, 0.717) is 29.2 Å². The molecule has 0 fully saturated rings. The molecule has 0 unspecified atom stereocenters. The lowest BCUT2D eigenvalue weighted by Crippen LogP contribution is -2.22. The molecule has 0 amide bonds. The van der Waals surface area contributed by atoms with Gasteiger partial charge in [0.25, 0.3) is 5.56 Å². The van der Waals surface area contributed by atoms with Gasteiger partial charge in [-0.05, 0) is 42.4 Å². The molecule has 3 aromatic heterocycles. The lowest BCUT2D eigenvalue weighted by molar-refractivity contribution is 0.749. The molecular weight excluding hydrogens is 404 g/mol. The molecule has 4 rings (SSSR count). The van der Waals surface area contributed by atoms with Gasteiger partial charge in [0.2, 0.25) is 0 Å². The van der Waals surface area contributed by atoms with Crippen molar-refractivity contribution in [2.75, 3.05) is 6.54 Å². The maximum Gasteiger partial charge on any atom is 0.267 e. The van der Waals surface area contributed by atoms with Gasteiger partial charge in [0.15, 0.2) is 4.34 Å². The zero-order chi connectivity index (χ0) is 20.2. The number of hydrogen-bond acceptors (Lipinski definition) is 8. The Labute approximate surface area is 174 Å². The molecular formula is C20H16N6OS2. The summed E-state index contributed by atoms with van der Waals surface area (Å²) in [7, 11) is 0. The van der Waals surface area contributed by atoms with Crippen LogP contribution in [-0.2, 0) is 0 Å². The first-order valence-electron chi connectivity index (χ1n) is 8.85. The minimum absolute atomic E-state index is 0.201. The number of aryl methyl sites for hydroxylation is 1. The Hall–Kier alpha value is -3.22. The lowest BCUT2D eigenvalue weighted by atomic mass is 10.3. The average Bonchev–Trinajstić information content (AvgIpc) is 3.13. The highest BCUT2D eigenvalue weighted by Gasteiger charge is 2.16. The van der Waals surface area contributed by atoms with Crippen molar-refractivity contribution in [2.45, 2.75) is 22.7 Å². The average molecular weight is 421 g/mol. The van der Waals surface area contributed by atoms with Crippen molar-refractivity contribution in [1.29, 1.82) is 5.26 Å². The summed E-state index contributed by atoms with van der Waals surface area (Å²) in [6, 6.07) is 13.7. The number of hydrogen-bond donors (Lipinski definition) is 1. The second-order valence-corrected chi connectivity index (χ2v) is 8.41. The number of benzene rings is 1. The number of nitriles is 1. The van der Waals surface area contributed by atoms with Gasteiger partial charge in [0.05, 0.1) is 34.5 Å². The van der Waals surface area contributed by atoms with Gasteiger partial charge in [-0.1, -0.05) is 18.2 Å². The maximum atomic E-state index is 13.1. The monoisotopic (exact) mass is 420 g/mol. The number of thiazole rings is 1. The quantitative estimate of drug-likeness (QED) is 0.222. The first-order valence-corrected chi connectivity index (χ1v) is 10.5. The first-order chi connectivity index (χ1) is 14.2. The lowest BCUT2D eigenvalue weighted by Gasteiger charge is -2.08. The summed E-state index contributed by atoms with van der Waals surface area (Å²) in [6.45, 7) is 2.33. The van der Waals surface area contributed by atoms with E-state index >= 15 is 0 Å². The summed E-state index contributed by atoms with van der Waals surface area (Å²) >= 11 is 2.92. The molecule has 4 aromatic rings. The smallest absolute Gasteiger partial charge is 0.267 e. The predicted molar refractivity (Wildman–Crippen MR) is 116 cm³/mol. The van der Waals surface area contributed by atoms with Crippen LogP contribution in [0.4, 0.5) is 0 Å². The minimum Gasteiger partial charge on any atom is -0.309 e. The zero-order valence-electron chi connectivity index (χ0n) is 15.5. The van der Waals surface area contributed by atoms with Gasteiger partial charge < -0.3 is 5.43 Å². The Morgan fingerprint density at radius 2 is 2.17 bits per heavy atom. The molecule has 3 heterocycles. The van der Waals surface area contributed by atoms with Crippen LogP contribution in [0.3, 0.4) is 0 Å². The van der Waals surface area contributed by atoms with Crippen LogP contribution < -0.4 is 11.0 Å². The van der Waals surface area contributed by atoms with Crippen molar-refractivity contribution in [1.82, 2.24) is 19.8 Å². The largest absolute Gasteiger partial charge is 0.309 e. The summed E-state index contributed by atoms with van der Waals surface area (Å²) in [5.74, 6) is 0. The van der Waals surface area contributed by atoms with Gasteiger partial charge in [-0.25, -0.2) is 9.97 Å². The summed E-state index contributed by atoms with van der Waals surface area (Å²) < 4.78 is 3.41. The third-order valence-corrected chi connectivity index (χ3v) is 6.24. The Kier molecular flexibility index (Phi) is 5.55. The van der Waals surface area contributed by atoms with E-state index in [4.69, 9.17) is 10.2 Å². The number of nitrogens with one attached hydrogen (secondary N) is 1. The molecule has 0 aliphatic carbocycles. The topological polar surface area (TPSA) is 95.4 Å². The summed E-state index contributed by atoms with van der Waals surface area (Å²) in [5.41, 5.74) is 5.39. The van der Waals surface area contributed by atoms with Gasteiger partial charge in [-0.15, -0.1) is 11.3 Å². The molecule has 9 heteroatoms. The predicted octanol–water partition coefficient (Wildman–Crippen LogP) is 3.60. The van der Waals surface area contributed by atoms with E-state index in [-0.39, 0.29) is 5.56 Å². The molecule has 0 saturated carbocycles. The van der Waals surface area contributed by atoms with E-state index in [1.165, 1.54) is 22.4 Å². The van der Waals surface area contributed by atoms with E-state index in [2.05, 4.69) is 15.5 Å². The summed E-state index contributed by atoms with van der Waals surface area (Å²) in [5, 5.41) is 13.3. The summed E-state index contributed by atoms with van der Waals surface area (Å²) in [4.78, 5) is 22.5. The normalized spacial score (nSPS) is 11.3. The van der Waals surface area contributed by atoms with E-state index in [9.17, 15) is 4.79 Å². The molecule has 0 atom stereocenters. The second kappa shape index (κ2) is 8.43. The van der Waals surface area contributed by atoms with Crippen LogP contribution in [0.1, 0.15) is 17.5 Å². The molecule has 0 bridgehead atoms. The van der Waals surface area contributed by atoms with Crippen molar-refractivity contribution < 1.29 is 0 Å². The first kappa shape index (κ1) is 19.1. The van der Waals surface area contributed by atoms with E-state index in [0.717, 1.165) is 20.1 Å². The molecule has 29 heavy (non-hydrogen) atoms. The number of rotatable bonds is 6. The van der Waals surface area contributed by atoms with E-state index < -0.39 is 0 Å². The van der Waals surface area contributed by atoms with Crippen LogP contribution in [0.25, 0.3) is 15.9 Å². The standard InChI is InChI=1S/C20H16N6OS2/c1-13-6-4-11-26-17(13)25-18(14(19(26)27)12-23-22-10-5-9-21)29-20-24-15-7-2-3-8-16(15)28-20/h2-4,6-8,11-12,22H,5,10H2,1H3. The Bertz CT molecular complexity index is 1290. The molecule has 0 spiro atoms. The number of hydrazone groups is 1. The van der Waals surface area contributed by atoms with Crippen LogP contribution in [0, 0.1) is 18.3 Å². The van der Waals surface area contributed by atoms with Crippen molar-refractivity contribution in [2.24, 2.45) is 5.10 Å². The van der Waals surface area contributed by atoms with Crippen molar-refractivity contribution in [3.63, 3.8) is 0 Å². The van der Waals surface area contributed by atoms with Crippen LogP contribution in [-0.4, -0.2) is 27.1 Å². The van der Waals surface area contributed by atoms with E-state index in [1.807, 2.05) is 49.4 Å². The second-order valence-electron chi connectivity index (χ2n) is 6.14.